The molecular weight excluding hydrogens is 286 g/mol. The number of sulfonamides is 1. The van der Waals surface area contributed by atoms with Gasteiger partial charge in [0.2, 0.25) is 0 Å². The van der Waals surface area contributed by atoms with E-state index in [0.717, 1.165) is 5.56 Å². The first-order valence-corrected chi connectivity index (χ1v) is 7.14. The van der Waals surface area contributed by atoms with Crippen molar-refractivity contribution in [3.63, 3.8) is 0 Å². The maximum atomic E-state index is 11.9. The Bertz CT molecular complexity index is 670. The Hall–Kier alpha value is -1.92. The molecule has 19 heavy (non-hydrogen) atoms. The number of rotatable bonds is 4. The quantitative estimate of drug-likeness (QED) is 0.693. The Kier molecular flexibility index (Phi) is 4.13. The Morgan fingerprint density at radius 2 is 1.74 bits per heavy atom. The monoisotopic (exact) mass is 295 g/mol. The fraction of sp³-hybridized carbons (Fsp3) is 0. The molecule has 0 atom stereocenters. The summed E-state index contributed by atoms with van der Waals surface area (Å²) in [7, 11) is -3.67. The van der Waals surface area contributed by atoms with Crippen molar-refractivity contribution in [1.29, 1.82) is 0 Å². The maximum Gasteiger partial charge on any atom is 0.276 e. The van der Waals surface area contributed by atoms with Gasteiger partial charge in [-0.2, -0.15) is 13.5 Å². The average Bonchev–Trinajstić information content (AvgIpc) is 2.40. The van der Waals surface area contributed by atoms with Crippen LogP contribution in [0.15, 0.2) is 58.8 Å². The van der Waals surface area contributed by atoms with Crippen molar-refractivity contribution in [3.05, 3.63) is 59.4 Å². The van der Waals surface area contributed by atoms with E-state index < -0.39 is 10.0 Å². The van der Waals surface area contributed by atoms with Gasteiger partial charge in [-0.25, -0.2) is 4.83 Å². The van der Waals surface area contributed by atoms with Gasteiger partial charge in [0.15, 0.2) is 0 Å². The van der Waals surface area contributed by atoms with E-state index in [1.807, 2.05) is 0 Å². The van der Waals surface area contributed by atoms with Crippen molar-refractivity contribution < 1.29 is 8.42 Å². The summed E-state index contributed by atoms with van der Waals surface area (Å²) in [5.41, 5.74) is 0.744. The van der Waals surface area contributed by atoms with Crippen molar-refractivity contribution >= 4 is 27.8 Å². The first kappa shape index (κ1) is 13.5. The van der Waals surface area contributed by atoms with Crippen LogP contribution in [0.5, 0.6) is 0 Å². The van der Waals surface area contributed by atoms with Gasteiger partial charge >= 0.3 is 0 Å². The summed E-state index contributed by atoms with van der Waals surface area (Å²) in [5, 5.41) is 4.16. The molecule has 0 aliphatic heterocycles. The molecule has 0 spiro atoms. The second kappa shape index (κ2) is 5.81. The molecule has 0 unspecified atom stereocenters. The Morgan fingerprint density at radius 1 is 1.11 bits per heavy atom. The summed E-state index contributed by atoms with van der Waals surface area (Å²) >= 11 is 5.70. The molecule has 0 bridgehead atoms. The average molecular weight is 296 g/mol. The van der Waals surface area contributed by atoms with E-state index >= 15 is 0 Å². The van der Waals surface area contributed by atoms with Crippen molar-refractivity contribution in [2.24, 2.45) is 5.10 Å². The molecule has 2 aromatic rings. The van der Waals surface area contributed by atoms with Gasteiger partial charge in [0.05, 0.1) is 11.1 Å². The van der Waals surface area contributed by atoms with Crippen molar-refractivity contribution in [1.82, 2.24) is 9.82 Å². The van der Waals surface area contributed by atoms with Crippen LogP contribution in [0.2, 0.25) is 5.02 Å². The number of benzene rings is 1. The first-order chi connectivity index (χ1) is 9.08. The Morgan fingerprint density at radius 3 is 2.37 bits per heavy atom. The summed E-state index contributed by atoms with van der Waals surface area (Å²) in [5.74, 6) is 0. The van der Waals surface area contributed by atoms with Crippen molar-refractivity contribution in [3.8, 4) is 0 Å². The largest absolute Gasteiger partial charge is 0.276 e. The molecule has 1 N–H and O–H groups in total. The number of nitrogens with zero attached hydrogens (tertiary/aromatic N) is 2. The van der Waals surface area contributed by atoms with E-state index in [4.69, 9.17) is 11.6 Å². The minimum atomic E-state index is -3.67. The van der Waals surface area contributed by atoms with E-state index in [0.29, 0.717) is 5.02 Å². The number of hydrogen-bond acceptors (Lipinski definition) is 4. The number of nitrogens with one attached hydrogen (secondary N) is 1. The fourth-order valence-corrected chi connectivity index (χ4v) is 2.20. The molecule has 1 aromatic heterocycles. The van der Waals surface area contributed by atoms with Crippen LogP contribution >= 0.6 is 11.6 Å². The zero-order chi connectivity index (χ0) is 13.7. The molecule has 0 saturated heterocycles. The number of aromatic nitrogens is 1. The first-order valence-electron chi connectivity index (χ1n) is 5.28. The van der Waals surface area contributed by atoms with E-state index in [9.17, 15) is 8.42 Å². The molecule has 0 aliphatic rings. The highest BCUT2D eigenvalue weighted by Crippen LogP contribution is 2.13. The number of hydrogen-bond donors (Lipinski definition) is 1. The molecule has 2 rings (SSSR count). The second-order valence-corrected chi connectivity index (χ2v) is 5.68. The van der Waals surface area contributed by atoms with Crippen LogP contribution in [-0.4, -0.2) is 19.6 Å². The highest BCUT2D eigenvalue weighted by Gasteiger charge is 2.11. The lowest BCUT2D eigenvalue weighted by Crippen LogP contribution is -2.18. The fourth-order valence-electron chi connectivity index (χ4n) is 1.29. The lowest BCUT2D eigenvalue weighted by molar-refractivity contribution is 0.584. The van der Waals surface area contributed by atoms with Crippen molar-refractivity contribution in [2.45, 2.75) is 4.90 Å². The lowest BCUT2D eigenvalue weighted by atomic mass is 10.3. The third kappa shape index (κ3) is 3.77. The van der Waals surface area contributed by atoms with Crippen LogP contribution in [0.1, 0.15) is 5.56 Å². The SMILES string of the molecule is O=S(=O)(N/N=C/c1ccncc1)c1ccc(Cl)cc1. The van der Waals surface area contributed by atoms with Crippen LogP contribution < -0.4 is 4.83 Å². The van der Waals surface area contributed by atoms with E-state index in [-0.39, 0.29) is 4.90 Å². The van der Waals surface area contributed by atoms with Gasteiger partial charge in [-0.15, -0.1) is 0 Å². The third-order valence-electron chi connectivity index (χ3n) is 2.22. The summed E-state index contributed by atoms with van der Waals surface area (Å²) < 4.78 is 23.7. The molecule has 0 aliphatic carbocycles. The molecule has 98 valence electrons. The zero-order valence-electron chi connectivity index (χ0n) is 9.69. The molecule has 1 aromatic carbocycles. The van der Waals surface area contributed by atoms with Gasteiger partial charge in [-0.05, 0) is 42.0 Å². The van der Waals surface area contributed by atoms with Crippen LogP contribution in [0.3, 0.4) is 0 Å². The number of halogens is 1. The summed E-state index contributed by atoms with van der Waals surface area (Å²) in [6.07, 6.45) is 4.58. The highest BCUT2D eigenvalue weighted by atomic mass is 35.5. The van der Waals surface area contributed by atoms with E-state index in [1.54, 1.807) is 24.5 Å². The minimum absolute atomic E-state index is 0.101. The number of pyridine rings is 1. The smallest absolute Gasteiger partial charge is 0.265 e. The second-order valence-electron chi connectivity index (χ2n) is 3.59. The Labute approximate surface area is 116 Å². The molecule has 0 radical (unpaired) electrons. The molecule has 1 heterocycles. The van der Waals surface area contributed by atoms with Crippen molar-refractivity contribution in [2.75, 3.05) is 0 Å². The van der Waals surface area contributed by atoms with Crippen LogP contribution in [-0.2, 0) is 10.0 Å². The standard InChI is InChI=1S/C12H10ClN3O2S/c13-11-1-3-12(4-2-11)19(17,18)16-15-9-10-5-7-14-8-6-10/h1-9,16H/b15-9+. The minimum Gasteiger partial charge on any atom is -0.265 e. The van der Waals surface area contributed by atoms with Crippen LogP contribution in [0, 0.1) is 0 Å². The molecule has 0 amide bonds. The molecule has 0 fully saturated rings. The van der Waals surface area contributed by atoms with Gasteiger partial charge in [-0.1, -0.05) is 11.6 Å². The highest BCUT2D eigenvalue weighted by molar-refractivity contribution is 7.89. The predicted molar refractivity (Wildman–Crippen MR) is 73.6 cm³/mol. The zero-order valence-corrected chi connectivity index (χ0v) is 11.3. The van der Waals surface area contributed by atoms with E-state index in [1.165, 1.54) is 30.5 Å². The summed E-state index contributed by atoms with van der Waals surface area (Å²) in [4.78, 5) is 6.07. The molecule has 5 nitrogen and oxygen atoms in total. The third-order valence-corrected chi connectivity index (χ3v) is 3.71. The molecule has 0 saturated carbocycles. The van der Waals surface area contributed by atoms with Crippen LogP contribution in [0.25, 0.3) is 0 Å². The van der Waals surface area contributed by atoms with E-state index in [2.05, 4.69) is 14.9 Å². The summed E-state index contributed by atoms with van der Waals surface area (Å²) in [6, 6.07) is 9.24. The predicted octanol–water partition coefficient (Wildman–Crippen LogP) is 2.05. The maximum absolute atomic E-state index is 11.9. The van der Waals surface area contributed by atoms with Crippen LogP contribution in [0.4, 0.5) is 0 Å². The Balaban J connectivity index is 2.10. The summed E-state index contributed by atoms with van der Waals surface area (Å²) in [6.45, 7) is 0. The number of hydrazone groups is 1. The normalized spacial score (nSPS) is 11.6. The molecule has 7 heteroatoms. The van der Waals surface area contributed by atoms with Gasteiger partial charge in [0.25, 0.3) is 10.0 Å². The topological polar surface area (TPSA) is 71.4 Å². The van der Waals surface area contributed by atoms with Gasteiger partial charge in [-0.3, -0.25) is 4.98 Å². The van der Waals surface area contributed by atoms with Gasteiger partial charge < -0.3 is 0 Å². The lowest BCUT2D eigenvalue weighted by Gasteiger charge is -2.02. The van der Waals surface area contributed by atoms with Gasteiger partial charge in [0, 0.05) is 17.4 Å². The molecular formula is C12H10ClN3O2S. The van der Waals surface area contributed by atoms with Gasteiger partial charge in [0.1, 0.15) is 0 Å².